The fraction of sp³-hybridized carbons (Fsp3) is 0.167. The lowest BCUT2D eigenvalue weighted by molar-refractivity contribution is -0.122. The maximum Gasteiger partial charge on any atom is 0.328 e. The predicted molar refractivity (Wildman–Crippen MR) is 74.7 cm³/mol. The number of nitrogens with zero attached hydrogens (tertiary/aromatic N) is 1. The van der Waals surface area contributed by atoms with Crippen molar-refractivity contribution in [2.24, 2.45) is 0 Å². The topological polar surface area (TPSA) is 69.6 Å². The Kier molecular flexibility index (Phi) is 3.82. The molecule has 5 nitrogen and oxygen atoms in total. The predicted octanol–water partition coefficient (Wildman–Crippen LogP) is 2.72. The molecule has 19 heavy (non-hydrogen) atoms. The van der Waals surface area contributed by atoms with Crippen LogP contribution in [0.25, 0.3) is 6.08 Å². The number of hydrogen-bond donors (Lipinski definition) is 2. The van der Waals surface area contributed by atoms with E-state index in [9.17, 15) is 14.7 Å². The molecule has 0 atom stereocenters. The van der Waals surface area contributed by atoms with Crippen LogP contribution in [0.3, 0.4) is 0 Å². The Morgan fingerprint density at radius 2 is 2.16 bits per heavy atom. The van der Waals surface area contributed by atoms with Gasteiger partial charge in [-0.2, -0.15) is 0 Å². The van der Waals surface area contributed by atoms with Gasteiger partial charge in [-0.05, 0) is 41.1 Å². The van der Waals surface area contributed by atoms with Gasteiger partial charge in [-0.25, -0.2) is 4.79 Å². The molecule has 0 saturated carbocycles. The third-order valence-corrected chi connectivity index (χ3v) is 3.46. The van der Waals surface area contributed by atoms with Crippen molar-refractivity contribution in [1.29, 1.82) is 0 Å². The molecule has 1 aromatic rings. The molecule has 0 radical (unpaired) electrons. The van der Waals surface area contributed by atoms with Crippen LogP contribution >= 0.6 is 27.5 Å². The molecule has 7 heteroatoms. The van der Waals surface area contributed by atoms with Crippen molar-refractivity contribution in [1.82, 2.24) is 10.2 Å². The van der Waals surface area contributed by atoms with Gasteiger partial charge in [0, 0.05) is 17.1 Å². The first-order valence-electron chi connectivity index (χ1n) is 5.46. The third-order valence-electron chi connectivity index (χ3n) is 2.64. The molecule has 1 fully saturated rings. The SMILES string of the molecule is CCN1C(=O)N/C(=C/c2cc(Cl)cc(Br)c2O)C1=O. The standard InChI is InChI=1S/C12H10BrClN2O3/c1-2-16-11(18)9(15-12(16)19)4-6-3-7(14)5-8(13)10(6)17/h3-5,17H,2H2,1H3,(H,15,19)/b9-4+. The van der Waals surface area contributed by atoms with E-state index in [1.165, 1.54) is 18.2 Å². The lowest BCUT2D eigenvalue weighted by atomic mass is 10.1. The van der Waals surface area contributed by atoms with E-state index in [2.05, 4.69) is 21.2 Å². The van der Waals surface area contributed by atoms with Crippen molar-refractivity contribution in [3.63, 3.8) is 0 Å². The molecule has 2 rings (SSSR count). The number of phenols is 1. The third kappa shape index (κ3) is 2.59. The zero-order valence-corrected chi connectivity index (χ0v) is 12.2. The van der Waals surface area contributed by atoms with Gasteiger partial charge in [-0.3, -0.25) is 9.69 Å². The van der Waals surface area contributed by atoms with Crippen molar-refractivity contribution >= 4 is 45.5 Å². The molecule has 0 spiro atoms. The summed E-state index contributed by atoms with van der Waals surface area (Å²) in [7, 11) is 0. The molecule has 0 aliphatic carbocycles. The van der Waals surface area contributed by atoms with Crippen LogP contribution in [0.2, 0.25) is 5.02 Å². The van der Waals surface area contributed by atoms with Crippen LogP contribution in [0.4, 0.5) is 4.79 Å². The molecule has 0 aromatic heterocycles. The highest BCUT2D eigenvalue weighted by Gasteiger charge is 2.32. The lowest BCUT2D eigenvalue weighted by Crippen LogP contribution is -2.30. The van der Waals surface area contributed by atoms with E-state index in [0.717, 1.165) is 4.90 Å². The van der Waals surface area contributed by atoms with Gasteiger partial charge >= 0.3 is 6.03 Å². The molecular weight excluding hydrogens is 336 g/mol. The summed E-state index contributed by atoms with van der Waals surface area (Å²) in [5, 5.41) is 12.7. The maximum absolute atomic E-state index is 11.9. The molecule has 1 aliphatic heterocycles. The highest BCUT2D eigenvalue weighted by Crippen LogP contribution is 2.33. The fourth-order valence-electron chi connectivity index (χ4n) is 1.71. The number of benzene rings is 1. The van der Waals surface area contributed by atoms with Crippen LogP contribution in [-0.4, -0.2) is 28.5 Å². The Morgan fingerprint density at radius 3 is 2.74 bits per heavy atom. The van der Waals surface area contributed by atoms with E-state index in [1.807, 2.05) is 0 Å². The number of imide groups is 1. The number of phenolic OH excluding ortho intramolecular Hbond substituents is 1. The summed E-state index contributed by atoms with van der Waals surface area (Å²) in [4.78, 5) is 24.4. The first-order chi connectivity index (χ1) is 8.93. The van der Waals surface area contributed by atoms with Crippen LogP contribution in [-0.2, 0) is 4.79 Å². The van der Waals surface area contributed by atoms with Gasteiger partial charge in [-0.15, -0.1) is 0 Å². The largest absolute Gasteiger partial charge is 0.506 e. The van der Waals surface area contributed by atoms with Crippen LogP contribution in [0, 0.1) is 0 Å². The van der Waals surface area contributed by atoms with Gasteiger partial charge in [0.15, 0.2) is 0 Å². The summed E-state index contributed by atoms with van der Waals surface area (Å²) < 4.78 is 0.413. The molecule has 1 aromatic carbocycles. The van der Waals surface area contributed by atoms with Gasteiger partial charge in [0.25, 0.3) is 5.91 Å². The molecule has 1 aliphatic rings. The number of likely N-dealkylation sites (N-methyl/N-ethyl adjacent to an activating group) is 1. The van der Waals surface area contributed by atoms with Crippen molar-refractivity contribution in [3.05, 3.63) is 32.9 Å². The summed E-state index contributed by atoms with van der Waals surface area (Å²) >= 11 is 9.03. The molecule has 0 bridgehead atoms. The summed E-state index contributed by atoms with van der Waals surface area (Å²) in [6, 6.07) is 2.56. The number of nitrogens with one attached hydrogen (secondary N) is 1. The highest BCUT2D eigenvalue weighted by molar-refractivity contribution is 9.10. The van der Waals surface area contributed by atoms with Gasteiger partial charge in [0.1, 0.15) is 11.4 Å². The van der Waals surface area contributed by atoms with E-state index >= 15 is 0 Å². The molecule has 3 amide bonds. The molecule has 0 unspecified atom stereocenters. The summed E-state index contributed by atoms with van der Waals surface area (Å²) in [6.45, 7) is 1.99. The highest BCUT2D eigenvalue weighted by atomic mass is 79.9. The normalized spacial score (nSPS) is 17.2. The van der Waals surface area contributed by atoms with E-state index < -0.39 is 11.9 Å². The minimum atomic E-state index is -0.473. The van der Waals surface area contributed by atoms with E-state index in [0.29, 0.717) is 15.1 Å². The average Bonchev–Trinajstić information content (AvgIpc) is 2.60. The number of carbonyl (C=O) groups is 2. The minimum Gasteiger partial charge on any atom is -0.506 e. The second-order valence-electron chi connectivity index (χ2n) is 3.86. The second kappa shape index (κ2) is 5.22. The van der Waals surface area contributed by atoms with Gasteiger partial charge in [-0.1, -0.05) is 11.6 Å². The number of urea groups is 1. The summed E-state index contributed by atoms with van der Waals surface area (Å²) in [5.41, 5.74) is 0.456. The number of carbonyl (C=O) groups excluding carboxylic acids is 2. The average molecular weight is 346 g/mol. The number of rotatable bonds is 2. The minimum absolute atomic E-state index is 0.0473. The Morgan fingerprint density at radius 1 is 1.47 bits per heavy atom. The Hall–Kier alpha value is -1.53. The number of hydrogen-bond acceptors (Lipinski definition) is 3. The van der Waals surface area contributed by atoms with Crippen LogP contribution < -0.4 is 5.32 Å². The van der Waals surface area contributed by atoms with Gasteiger partial charge in [0.2, 0.25) is 0 Å². The number of halogens is 2. The Bertz CT molecular complexity index is 601. The number of aromatic hydroxyl groups is 1. The van der Waals surface area contributed by atoms with E-state index in [4.69, 9.17) is 11.6 Å². The van der Waals surface area contributed by atoms with Crippen LogP contribution in [0.5, 0.6) is 5.75 Å². The van der Waals surface area contributed by atoms with E-state index in [1.54, 1.807) is 6.92 Å². The first-order valence-corrected chi connectivity index (χ1v) is 6.63. The lowest BCUT2D eigenvalue weighted by Gasteiger charge is -2.06. The van der Waals surface area contributed by atoms with Crippen molar-refractivity contribution in [2.75, 3.05) is 6.54 Å². The zero-order valence-electron chi connectivity index (χ0n) is 9.91. The quantitative estimate of drug-likeness (QED) is 0.639. The van der Waals surface area contributed by atoms with Crippen molar-refractivity contribution in [2.45, 2.75) is 6.92 Å². The molecule has 1 heterocycles. The van der Waals surface area contributed by atoms with Gasteiger partial charge < -0.3 is 10.4 Å². The van der Waals surface area contributed by atoms with Crippen molar-refractivity contribution in [3.8, 4) is 5.75 Å². The van der Waals surface area contributed by atoms with Crippen molar-refractivity contribution < 1.29 is 14.7 Å². The molecule has 100 valence electrons. The van der Waals surface area contributed by atoms with E-state index in [-0.39, 0.29) is 18.0 Å². The van der Waals surface area contributed by atoms with Gasteiger partial charge in [0.05, 0.1) is 4.47 Å². The monoisotopic (exact) mass is 344 g/mol. The fourth-order valence-corrected chi connectivity index (χ4v) is 2.54. The second-order valence-corrected chi connectivity index (χ2v) is 5.15. The number of amides is 3. The molecule has 1 saturated heterocycles. The smallest absolute Gasteiger partial charge is 0.328 e. The Labute approximate surface area is 123 Å². The first kappa shape index (κ1) is 13.9. The maximum atomic E-state index is 11.9. The summed E-state index contributed by atoms with van der Waals surface area (Å²) in [5.74, 6) is -0.475. The Balaban J connectivity index is 2.43. The van der Waals surface area contributed by atoms with Crippen LogP contribution in [0.15, 0.2) is 22.3 Å². The zero-order chi connectivity index (χ0) is 14.2. The molecular formula is C12H10BrClN2O3. The summed E-state index contributed by atoms with van der Waals surface area (Å²) in [6.07, 6.45) is 1.39. The van der Waals surface area contributed by atoms with Crippen LogP contribution in [0.1, 0.15) is 12.5 Å². The molecule has 2 N–H and O–H groups in total.